The van der Waals surface area contributed by atoms with Gasteiger partial charge in [0.1, 0.15) is 6.10 Å². The van der Waals surface area contributed by atoms with Crippen LogP contribution in [0.25, 0.3) is 0 Å². The van der Waals surface area contributed by atoms with Crippen LogP contribution in [0, 0.1) is 11.8 Å². The molecule has 0 saturated carbocycles. The van der Waals surface area contributed by atoms with Crippen molar-refractivity contribution in [1.82, 2.24) is 20.4 Å². The zero-order chi connectivity index (χ0) is 42.0. The van der Waals surface area contributed by atoms with Crippen LogP contribution < -0.4 is 16.4 Å². The van der Waals surface area contributed by atoms with Crippen molar-refractivity contribution >= 4 is 35.4 Å². The minimum Gasteiger partial charge on any atom is -0.439 e. The molecule has 1 saturated heterocycles. The first kappa shape index (κ1) is 44.5. The SMILES string of the molecule is CO[C@H]1/C=C\C=C(/C)C(=O)NC2=CC(=O)C(NC(=O)c3ccc(CN4CCN(C(C)=O)CC4)cc3)=C(C[C@@H](C)C[C@H](OC)[C@H](O)[C@@H](C)/C=C(\C)[C@@H]1OC(N)=O)C2=O. The van der Waals surface area contributed by atoms with Gasteiger partial charge >= 0.3 is 6.09 Å². The van der Waals surface area contributed by atoms with E-state index in [9.17, 15) is 33.9 Å². The van der Waals surface area contributed by atoms with E-state index in [-0.39, 0.29) is 52.8 Å². The maximum Gasteiger partial charge on any atom is 0.405 e. The number of carbonyl (C=O) groups is 6. The lowest BCUT2D eigenvalue weighted by Gasteiger charge is -2.34. The number of ether oxygens (including phenoxy) is 3. The number of benzene rings is 1. The molecular formula is C42H55N5O10. The summed E-state index contributed by atoms with van der Waals surface area (Å²) in [5.74, 6) is -3.39. The topological polar surface area (TPSA) is 207 Å². The van der Waals surface area contributed by atoms with Gasteiger partial charge in [-0.05, 0) is 55.9 Å². The molecule has 2 heterocycles. The Hall–Kier alpha value is -5.22. The molecule has 2 bridgehead atoms. The normalized spacial score (nSPS) is 28.3. The molecular weight excluding hydrogens is 734 g/mol. The second-order valence-corrected chi connectivity index (χ2v) is 14.9. The van der Waals surface area contributed by atoms with Gasteiger partial charge in [-0.15, -0.1) is 0 Å². The van der Waals surface area contributed by atoms with Crippen LogP contribution in [0.2, 0.25) is 0 Å². The van der Waals surface area contributed by atoms with E-state index in [1.807, 2.05) is 24.0 Å². The highest BCUT2D eigenvalue weighted by atomic mass is 16.6. The van der Waals surface area contributed by atoms with Gasteiger partial charge < -0.3 is 40.6 Å². The minimum atomic E-state index is -1.05. The second-order valence-electron chi connectivity index (χ2n) is 14.9. The quantitative estimate of drug-likeness (QED) is 0.233. The molecule has 1 aromatic rings. The average Bonchev–Trinajstić information content (AvgIpc) is 3.17. The number of Topliss-reactive ketones (excluding diaryl/α,β-unsaturated/α-hetero) is 1. The van der Waals surface area contributed by atoms with Crippen molar-refractivity contribution in [1.29, 1.82) is 0 Å². The molecule has 6 atom stereocenters. The van der Waals surface area contributed by atoms with Crippen LogP contribution in [0.15, 0.2) is 82.8 Å². The molecule has 57 heavy (non-hydrogen) atoms. The highest BCUT2D eigenvalue weighted by Crippen LogP contribution is 2.29. The summed E-state index contributed by atoms with van der Waals surface area (Å²) in [5.41, 5.74) is 6.90. The monoisotopic (exact) mass is 789 g/mol. The van der Waals surface area contributed by atoms with Gasteiger partial charge in [-0.25, -0.2) is 4.79 Å². The van der Waals surface area contributed by atoms with Crippen LogP contribution >= 0.6 is 0 Å². The lowest BCUT2D eigenvalue weighted by molar-refractivity contribution is -0.130. The fourth-order valence-electron chi connectivity index (χ4n) is 7.15. The van der Waals surface area contributed by atoms with Crippen LogP contribution in [0.1, 0.15) is 63.4 Å². The summed E-state index contributed by atoms with van der Waals surface area (Å²) in [6.07, 6.45) is 2.91. The number of aliphatic hydroxyl groups is 1. The lowest BCUT2D eigenvalue weighted by atomic mass is 9.85. The van der Waals surface area contributed by atoms with Crippen LogP contribution in [0.5, 0.6) is 0 Å². The van der Waals surface area contributed by atoms with E-state index in [0.717, 1.165) is 24.7 Å². The van der Waals surface area contributed by atoms with E-state index in [2.05, 4.69) is 15.5 Å². The fraction of sp³-hybridized carbons (Fsp3) is 0.476. The lowest BCUT2D eigenvalue weighted by Crippen LogP contribution is -2.47. The third-order valence-electron chi connectivity index (χ3n) is 10.5. The third kappa shape index (κ3) is 11.9. The number of carbonyl (C=O) groups excluding carboxylic acids is 6. The first-order valence-corrected chi connectivity index (χ1v) is 19.0. The number of hydrogen-bond donors (Lipinski definition) is 4. The number of nitrogens with two attached hydrogens (primary N) is 1. The molecule has 308 valence electrons. The Kier molecular flexibility index (Phi) is 15.8. The molecule has 2 aliphatic heterocycles. The molecule has 1 fully saturated rings. The van der Waals surface area contributed by atoms with Crippen LogP contribution in [-0.2, 0) is 39.9 Å². The number of hydrogen-bond acceptors (Lipinski definition) is 11. The van der Waals surface area contributed by atoms with Crippen molar-refractivity contribution < 1.29 is 48.1 Å². The molecule has 4 rings (SSSR count). The van der Waals surface area contributed by atoms with Gasteiger partial charge in [-0.3, -0.25) is 28.9 Å². The summed E-state index contributed by atoms with van der Waals surface area (Å²) < 4.78 is 16.7. The number of primary amides is 1. The Morgan fingerprint density at radius 2 is 1.67 bits per heavy atom. The zero-order valence-corrected chi connectivity index (χ0v) is 33.7. The molecule has 0 spiro atoms. The Bertz CT molecular complexity index is 1860. The first-order valence-electron chi connectivity index (χ1n) is 19.0. The summed E-state index contributed by atoms with van der Waals surface area (Å²) in [6, 6.07) is 6.95. The number of nitrogens with one attached hydrogen (secondary N) is 2. The van der Waals surface area contributed by atoms with Gasteiger partial charge in [-0.2, -0.15) is 0 Å². The Labute approximate surface area is 333 Å². The average molecular weight is 790 g/mol. The molecule has 3 aliphatic rings. The van der Waals surface area contributed by atoms with Crippen molar-refractivity contribution in [2.75, 3.05) is 40.4 Å². The smallest absolute Gasteiger partial charge is 0.405 e. The summed E-state index contributed by atoms with van der Waals surface area (Å²) in [4.78, 5) is 82.2. The van der Waals surface area contributed by atoms with E-state index in [4.69, 9.17) is 19.9 Å². The molecule has 15 nitrogen and oxygen atoms in total. The predicted octanol–water partition coefficient (Wildman–Crippen LogP) is 2.86. The highest BCUT2D eigenvalue weighted by Gasteiger charge is 2.34. The van der Waals surface area contributed by atoms with Crippen LogP contribution in [0.4, 0.5) is 4.79 Å². The number of ketones is 2. The molecule has 1 aromatic carbocycles. The number of aliphatic hydroxyl groups excluding tert-OH is 1. The number of rotatable bonds is 7. The Morgan fingerprint density at radius 1 is 1.00 bits per heavy atom. The number of nitrogens with zero attached hydrogens (tertiary/aromatic N) is 2. The summed E-state index contributed by atoms with van der Waals surface area (Å²) >= 11 is 0. The highest BCUT2D eigenvalue weighted by molar-refractivity contribution is 6.24. The fourth-order valence-corrected chi connectivity index (χ4v) is 7.15. The molecule has 0 aromatic heterocycles. The van der Waals surface area contributed by atoms with Crippen molar-refractivity contribution in [2.45, 2.75) is 78.4 Å². The maximum absolute atomic E-state index is 14.1. The van der Waals surface area contributed by atoms with Gasteiger partial charge in [0.05, 0.1) is 23.6 Å². The number of amides is 4. The first-order chi connectivity index (χ1) is 27.0. The van der Waals surface area contributed by atoms with Crippen molar-refractivity contribution in [3.05, 3.63) is 93.9 Å². The summed E-state index contributed by atoms with van der Waals surface area (Å²) in [7, 11) is 2.87. The van der Waals surface area contributed by atoms with E-state index in [0.29, 0.717) is 25.2 Å². The van der Waals surface area contributed by atoms with E-state index < -0.39 is 59.8 Å². The summed E-state index contributed by atoms with van der Waals surface area (Å²) in [5, 5.41) is 16.7. The van der Waals surface area contributed by atoms with Crippen LogP contribution in [0.3, 0.4) is 0 Å². The summed E-state index contributed by atoms with van der Waals surface area (Å²) in [6.45, 7) is 11.8. The molecule has 5 N–H and O–H groups in total. The standard InChI is InChI=1S/C42H55N5O10/c1-24-19-31-36(45-41(53)30-13-11-29(12-14-30)23-46-15-17-47(18-16-46)28(5)48)33(49)22-32(38(31)51)44-40(52)25(2)9-8-10-34(55-6)39(57-42(43)54)27(4)21-26(3)37(50)35(20-24)56-7/h8-14,21-22,24,26,34-35,37,39,50H,15-20,23H2,1-7H3,(H2,43,54)(H,44,52)(H,45,53)/b10-8-,25-9+,27-21+/t24-,26+,34+,35+,37-,39+/m1/s1. The Balaban J connectivity index is 1.64. The van der Waals surface area contributed by atoms with Crippen molar-refractivity contribution in [3.8, 4) is 0 Å². The zero-order valence-electron chi connectivity index (χ0n) is 33.7. The molecule has 15 heteroatoms. The van der Waals surface area contributed by atoms with Crippen molar-refractivity contribution in [3.63, 3.8) is 0 Å². The molecule has 0 unspecified atom stereocenters. The third-order valence-corrected chi connectivity index (χ3v) is 10.5. The molecule has 1 aliphatic carbocycles. The van der Waals surface area contributed by atoms with Gasteiger partial charge in [0.25, 0.3) is 11.8 Å². The maximum atomic E-state index is 14.1. The number of methoxy groups -OCH3 is 2. The van der Waals surface area contributed by atoms with Crippen molar-refractivity contribution in [2.24, 2.45) is 17.6 Å². The van der Waals surface area contributed by atoms with Gasteiger partial charge in [0.2, 0.25) is 17.5 Å². The Morgan fingerprint density at radius 3 is 2.26 bits per heavy atom. The van der Waals surface area contributed by atoms with E-state index >= 15 is 0 Å². The van der Waals surface area contributed by atoms with Crippen LogP contribution in [-0.4, -0.2) is 115 Å². The largest absolute Gasteiger partial charge is 0.439 e. The van der Waals surface area contributed by atoms with Gasteiger partial charge in [0.15, 0.2) is 6.10 Å². The van der Waals surface area contributed by atoms with Gasteiger partial charge in [0, 0.05) is 82.6 Å². The molecule has 4 amide bonds. The van der Waals surface area contributed by atoms with E-state index in [1.165, 1.54) is 33.3 Å². The second kappa shape index (κ2) is 20.3. The molecule has 0 radical (unpaired) electrons. The van der Waals surface area contributed by atoms with E-state index in [1.54, 1.807) is 45.1 Å². The minimum absolute atomic E-state index is 0.000653. The van der Waals surface area contributed by atoms with Gasteiger partial charge in [-0.1, -0.05) is 50.3 Å². The number of fused-ring (bicyclic) bond motifs is 2. The number of allylic oxidation sites excluding steroid dienone is 4. The predicted molar refractivity (Wildman–Crippen MR) is 211 cm³/mol. The number of piperazine rings is 1.